The third-order valence-electron chi connectivity index (χ3n) is 5.67. The van der Waals surface area contributed by atoms with Gasteiger partial charge in [0.1, 0.15) is 12.7 Å². The minimum atomic E-state index is -0.525. The third-order valence-corrected chi connectivity index (χ3v) is 5.67. The van der Waals surface area contributed by atoms with Crippen molar-refractivity contribution in [2.75, 3.05) is 60.0 Å². The quantitative estimate of drug-likeness (QED) is 0.588. The maximum Gasteiger partial charge on any atom is 0.161 e. The second-order valence-corrected chi connectivity index (χ2v) is 8.22. The van der Waals surface area contributed by atoms with Gasteiger partial charge in [0, 0.05) is 58.2 Å². The first-order valence-corrected chi connectivity index (χ1v) is 11.1. The fourth-order valence-electron chi connectivity index (χ4n) is 3.93. The van der Waals surface area contributed by atoms with Crippen LogP contribution < -0.4 is 9.47 Å². The van der Waals surface area contributed by atoms with Crippen LogP contribution in [0.5, 0.6) is 11.5 Å². The van der Waals surface area contributed by atoms with Crippen LogP contribution in [0.1, 0.15) is 18.1 Å². The van der Waals surface area contributed by atoms with Gasteiger partial charge in [0.05, 0.1) is 7.11 Å². The van der Waals surface area contributed by atoms with Gasteiger partial charge in [-0.05, 0) is 42.9 Å². The molecule has 0 aliphatic carbocycles. The van der Waals surface area contributed by atoms with Crippen molar-refractivity contribution in [1.82, 2.24) is 19.7 Å². The Morgan fingerprint density at radius 3 is 2.48 bits per heavy atom. The van der Waals surface area contributed by atoms with E-state index in [0.29, 0.717) is 18.0 Å². The zero-order chi connectivity index (χ0) is 22.1. The van der Waals surface area contributed by atoms with Gasteiger partial charge in [0.25, 0.3) is 0 Å². The highest BCUT2D eigenvalue weighted by Crippen LogP contribution is 2.29. The van der Waals surface area contributed by atoms with Gasteiger partial charge in [-0.2, -0.15) is 0 Å². The number of rotatable bonds is 11. The summed E-state index contributed by atoms with van der Waals surface area (Å²) in [6.45, 7) is 9.91. The molecule has 3 rings (SSSR count). The van der Waals surface area contributed by atoms with Crippen LogP contribution in [0.2, 0.25) is 0 Å². The lowest BCUT2D eigenvalue weighted by molar-refractivity contribution is 0.0464. The second-order valence-electron chi connectivity index (χ2n) is 8.22. The fourth-order valence-corrected chi connectivity index (χ4v) is 3.93. The molecule has 1 aliphatic heterocycles. The Morgan fingerprint density at radius 1 is 1.06 bits per heavy atom. The molecule has 0 saturated carbocycles. The zero-order valence-corrected chi connectivity index (χ0v) is 19.0. The summed E-state index contributed by atoms with van der Waals surface area (Å²) < 4.78 is 11.4. The predicted molar refractivity (Wildman–Crippen MR) is 122 cm³/mol. The summed E-state index contributed by atoms with van der Waals surface area (Å²) in [5, 5.41) is 10.4. The molecule has 1 fully saturated rings. The molecule has 0 unspecified atom stereocenters. The molecule has 2 heterocycles. The summed E-state index contributed by atoms with van der Waals surface area (Å²) in [7, 11) is 3.73. The topological polar surface area (TPSA) is 61.3 Å². The van der Waals surface area contributed by atoms with Crippen LogP contribution in [0.3, 0.4) is 0 Å². The average Bonchev–Trinajstić information content (AvgIpc) is 2.79. The molecule has 170 valence electrons. The number of aromatic nitrogens is 1. The fraction of sp³-hybridized carbons (Fsp3) is 0.542. The molecule has 1 atom stereocenters. The van der Waals surface area contributed by atoms with Gasteiger partial charge in [-0.3, -0.25) is 14.8 Å². The van der Waals surface area contributed by atoms with Crippen LogP contribution in [-0.2, 0) is 13.1 Å². The van der Waals surface area contributed by atoms with Crippen LogP contribution in [0, 0.1) is 0 Å². The van der Waals surface area contributed by atoms with E-state index in [9.17, 15) is 5.11 Å². The molecule has 1 saturated heterocycles. The maximum absolute atomic E-state index is 10.4. The highest BCUT2D eigenvalue weighted by molar-refractivity contribution is 5.43. The van der Waals surface area contributed by atoms with E-state index in [2.05, 4.69) is 39.7 Å². The van der Waals surface area contributed by atoms with Gasteiger partial charge in [0.15, 0.2) is 11.5 Å². The number of hydrogen-bond acceptors (Lipinski definition) is 7. The van der Waals surface area contributed by atoms with E-state index in [-0.39, 0.29) is 6.61 Å². The number of ether oxygens (including phenoxy) is 2. The Bertz CT molecular complexity index is 782. The molecule has 7 nitrogen and oxygen atoms in total. The number of benzene rings is 1. The van der Waals surface area contributed by atoms with Crippen LogP contribution in [0.15, 0.2) is 42.7 Å². The highest BCUT2D eigenvalue weighted by atomic mass is 16.5. The van der Waals surface area contributed by atoms with E-state index in [1.807, 2.05) is 30.5 Å². The molecule has 1 aromatic heterocycles. The summed E-state index contributed by atoms with van der Waals surface area (Å²) in [5.74, 6) is 1.35. The smallest absolute Gasteiger partial charge is 0.161 e. The maximum atomic E-state index is 10.4. The Labute approximate surface area is 186 Å². The van der Waals surface area contributed by atoms with Crippen molar-refractivity contribution in [3.63, 3.8) is 0 Å². The monoisotopic (exact) mass is 428 g/mol. The molecular weight excluding hydrogens is 392 g/mol. The van der Waals surface area contributed by atoms with Crippen LogP contribution in [-0.4, -0.2) is 90.9 Å². The van der Waals surface area contributed by atoms with E-state index in [1.54, 1.807) is 13.3 Å². The molecule has 0 bridgehead atoms. The number of methoxy groups -OCH3 is 1. The molecule has 1 aliphatic rings. The Hall–Kier alpha value is -2.19. The number of likely N-dealkylation sites (N-methyl/N-ethyl adjacent to an activating group) is 1. The van der Waals surface area contributed by atoms with E-state index >= 15 is 0 Å². The molecule has 0 amide bonds. The molecule has 7 heteroatoms. The summed E-state index contributed by atoms with van der Waals surface area (Å²) in [6.07, 6.45) is 3.16. The number of β-amino-alcohol motifs (C(OH)–C–C–N with tert-alkyl or cyclic N) is 1. The van der Waals surface area contributed by atoms with Crippen LogP contribution in [0.4, 0.5) is 0 Å². The van der Waals surface area contributed by atoms with Gasteiger partial charge >= 0.3 is 0 Å². The highest BCUT2D eigenvalue weighted by Gasteiger charge is 2.19. The number of piperazine rings is 1. The average molecular weight is 429 g/mol. The van der Waals surface area contributed by atoms with Gasteiger partial charge in [-0.15, -0.1) is 0 Å². The first-order chi connectivity index (χ1) is 15.1. The molecule has 1 N–H and O–H groups in total. The van der Waals surface area contributed by atoms with Gasteiger partial charge < -0.3 is 19.5 Å². The Kier molecular flexibility index (Phi) is 9.09. The normalized spacial score (nSPS) is 16.4. The summed E-state index contributed by atoms with van der Waals surface area (Å²) >= 11 is 0. The third kappa shape index (κ3) is 7.47. The van der Waals surface area contributed by atoms with Gasteiger partial charge in [-0.25, -0.2) is 0 Å². The van der Waals surface area contributed by atoms with E-state index in [1.165, 1.54) is 5.56 Å². The van der Waals surface area contributed by atoms with Crippen molar-refractivity contribution in [1.29, 1.82) is 0 Å². The molecular formula is C24H36N4O3. The van der Waals surface area contributed by atoms with E-state index < -0.39 is 6.10 Å². The van der Waals surface area contributed by atoms with Crippen LogP contribution in [0.25, 0.3) is 0 Å². The molecule has 2 aromatic rings. The minimum absolute atomic E-state index is 0.255. The Balaban J connectivity index is 1.48. The zero-order valence-electron chi connectivity index (χ0n) is 19.0. The van der Waals surface area contributed by atoms with Crippen LogP contribution >= 0.6 is 0 Å². The number of hydrogen-bond donors (Lipinski definition) is 1. The summed E-state index contributed by atoms with van der Waals surface area (Å²) in [5.41, 5.74) is 2.33. The Morgan fingerprint density at radius 2 is 1.81 bits per heavy atom. The lowest BCUT2D eigenvalue weighted by Gasteiger charge is -2.34. The summed E-state index contributed by atoms with van der Waals surface area (Å²) in [6, 6.07) is 10.0. The largest absolute Gasteiger partial charge is 0.493 e. The minimum Gasteiger partial charge on any atom is -0.493 e. The SMILES string of the molecule is CCN1CCN(C[C@@H](O)COc2ccc(CN(C)Cc3cccnc3)cc2OC)CC1. The van der Waals surface area contributed by atoms with Crippen molar-refractivity contribution >= 4 is 0 Å². The standard InChI is InChI=1S/C24H36N4O3/c1-4-27-10-12-28(13-11-27)18-22(29)19-31-23-8-7-20(14-24(23)30-3)16-26(2)17-21-6-5-9-25-15-21/h5-9,14-15,22,29H,4,10-13,16-19H2,1-3H3/t22-/m1/s1. The number of pyridine rings is 1. The van der Waals surface area contributed by atoms with Crippen molar-refractivity contribution in [2.24, 2.45) is 0 Å². The van der Waals surface area contributed by atoms with E-state index in [4.69, 9.17) is 9.47 Å². The second kappa shape index (κ2) is 12.0. The van der Waals surface area contributed by atoms with Gasteiger partial charge in [-0.1, -0.05) is 19.1 Å². The van der Waals surface area contributed by atoms with Crippen molar-refractivity contribution < 1.29 is 14.6 Å². The number of aliphatic hydroxyl groups excluding tert-OH is 1. The van der Waals surface area contributed by atoms with Crippen molar-refractivity contribution in [3.05, 3.63) is 53.9 Å². The molecule has 0 spiro atoms. The molecule has 0 radical (unpaired) electrons. The van der Waals surface area contributed by atoms with E-state index in [0.717, 1.165) is 51.4 Å². The molecule has 31 heavy (non-hydrogen) atoms. The first kappa shape index (κ1) is 23.5. The summed E-state index contributed by atoms with van der Waals surface area (Å²) in [4.78, 5) is 11.1. The predicted octanol–water partition coefficient (Wildman–Crippen LogP) is 2.10. The lowest BCUT2D eigenvalue weighted by atomic mass is 10.1. The lowest BCUT2D eigenvalue weighted by Crippen LogP contribution is -2.49. The molecule has 1 aromatic carbocycles. The van der Waals surface area contributed by atoms with Gasteiger partial charge in [0.2, 0.25) is 0 Å². The number of nitrogens with zero attached hydrogens (tertiary/aromatic N) is 4. The first-order valence-electron chi connectivity index (χ1n) is 11.1. The van der Waals surface area contributed by atoms with Crippen molar-refractivity contribution in [3.8, 4) is 11.5 Å². The van der Waals surface area contributed by atoms with Crippen molar-refractivity contribution in [2.45, 2.75) is 26.1 Å². The number of aliphatic hydroxyl groups is 1.